The summed E-state index contributed by atoms with van der Waals surface area (Å²) in [5.74, 6) is 0. The van der Waals surface area contributed by atoms with E-state index in [1.165, 1.54) is 0 Å². The van der Waals surface area contributed by atoms with Crippen LogP contribution in [0.2, 0.25) is 0 Å². The van der Waals surface area contributed by atoms with Crippen LogP contribution in [0.4, 0.5) is 4.79 Å². The van der Waals surface area contributed by atoms with Crippen molar-refractivity contribution in [1.29, 1.82) is 0 Å². The highest BCUT2D eigenvalue weighted by atomic mass is 16.5. The van der Waals surface area contributed by atoms with E-state index in [9.17, 15) is 9.90 Å². The Morgan fingerprint density at radius 1 is 1.45 bits per heavy atom. The molecule has 1 saturated heterocycles. The first-order chi connectivity index (χ1) is 10.7. The first-order valence-electron chi connectivity index (χ1n) is 8.67. The predicted octanol–water partition coefficient (Wildman–Crippen LogP) is 2.06. The topological polar surface area (TPSA) is 61.8 Å². The fourth-order valence-corrected chi connectivity index (χ4v) is 4.13. The number of nitrogens with one attached hydrogen (secondary N) is 1. The summed E-state index contributed by atoms with van der Waals surface area (Å²) in [5.41, 5.74) is -0.114. The number of aliphatic hydroxyl groups is 1. The van der Waals surface area contributed by atoms with Gasteiger partial charge in [-0.3, -0.25) is 0 Å². The van der Waals surface area contributed by atoms with Crippen molar-refractivity contribution in [2.24, 2.45) is 5.41 Å². The second-order valence-electron chi connectivity index (χ2n) is 6.83. The molecule has 1 aliphatic heterocycles. The lowest BCUT2D eigenvalue weighted by molar-refractivity contribution is -0.207. The second-order valence-corrected chi connectivity index (χ2v) is 6.83. The molecule has 2 N–H and O–H groups in total. The fourth-order valence-electron chi connectivity index (χ4n) is 4.13. The molecule has 22 heavy (non-hydrogen) atoms. The molecule has 3 rings (SSSR count). The molecule has 5 nitrogen and oxygen atoms in total. The third-order valence-corrected chi connectivity index (χ3v) is 5.65. The number of rotatable bonds is 3. The number of ether oxygens (including phenoxy) is 1. The maximum Gasteiger partial charge on any atom is 0.317 e. The lowest BCUT2D eigenvalue weighted by Gasteiger charge is -2.56. The second kappa shape index (κ2) is 6.59. The molecule has 3 aliphatic rings. The Hall–Kier alpha value is -1.07. The summed E-state index contributed by atoms with van der Waals surface area (Å²) >= 11 is 0. The standard InChI is InChI=1S/C17H28N2O3/c1-2-22-15-12-14(20)17(15)8-10-19(11-9-17)16(21)18-13-6-4-3-5-7-13/h4,6,13-15,20H,2-3,5,7-12H2,1H3,(H,18,21)/t13-,14+,15-/m1/s1. The molecule has 0 aromatic rings. The van der Waals surface area contributed by atoms with E-state index in [0.29, 0.717) is 19.7 Å². The maximum absolute atomic E-state index is 12.4. The lowest BCUT2D eigenvalue weighted by Crippen LogP contribution is -2.63. The molecule has 1 spiro atoms. The number of nitrogens with zero attached hydrogens (tertiary/aromatic N) is 1. The van der Waals surface area contributed by atoms with E-state index in [0.717, 1.165) is 38.5 Å². The molecule has 0 aromatic carbocycles. The van der Waals surface area contributed by atoms with Crippen molar-refractivity contribution in [1.82, 2.24) is 10.2 Å². The van der Waals surface area contributed by atoms with E-state index in [-0.39, 0.29) is 29.7 Å². The van der Waals surface area contributed by atoms with Crippen molar-refractivity contribution in [2.75, 3.05) is 19.7 Å². The van der Waals surface area contributed by atoms with Crippen LogP contribution in [-0.2, 0) is 4.74 Å². The van der Waals surface area contributed by atoms with Gasteiger partial charge >= 0.3 is 6.03 Å². The predicted molar refractivity (Wildman–Crippen MR) is 84.6 cm³/mol. The van der Waals surface area contributed by atoms with Crippen LogP contribution in [0.3, 0.4) is 0 Å². The minimum atomic E-state index is -0.268. The number of carbonyl (C=O) groups is 1. The van der Waals surface area contributed by atoms with Crippen LogP contribution in [0.1, 0.15) is 45.4 Å². The highest BCUT2D eigenvalue weighted by molar-refractivity contribution is 5.75. The number of carbonyl (C=O) groups excluding carboxylic acids is 1. The zero-order valence-corrected chi connectivity index (χ0v) is 13.5. The zero-order valence-electron chi connectivity index (χ0n) is 13.5. The Bertz CT molecular complexity index is 428. The summed E-state index contributed by atoms with van der Waals surface area (Å²) in [6.45, 7) is 4.11. The molecular formula is C17H28N2O3. The van der Waals surface area contributed by atoms with Gasteiger partial charge in [0.25, 0.3) is 0 Å². The van der Waals surface area contributed by atoms with Crippen LogP contribution in [0.25, 0.3) is 0 Å². The Kier molecular flexibility index (Phi) is 4.73. The molecule has 3 atom stereocenters. The average molecular weight is 308 g/mol. The van der Waals surface area contributed by atoms with Gasteiger partial charge in [-0.25, -0.2) is 4.79 Å². The third-order valence-electron chi connectivity index (χ3n) is 5.65. The quantitative estimate of drug-likeness (QED) is 0.785. The molecule has 124 valence electrons. The van der Waals surface area contributed by atoms with Gasteiger partial charge in [0.2, 0.25) is 0 Å². The number of piperidine rings is 1. The molecule has 5 heteroatoms. The summed E-state index contributed by atoms with van der Waals surface area (Å²) in [4.78, 5) is 14.3. The van der Waals surface area contributed by atoms with Gasteiger partial charge < -0.3 is 20.1 Å². The van der Waals surface area contributed by atoms with Gasteiger partial charge in [-0.1, -0.05) is 12.2 Å². The van der Waals surface area contributed by atoms with Crippen molar-refractivity contribution in [3.05, 3.63) is 12.2 Å². The van der Waals surface area contributed by atoms with Gasteiger partial charge in [0, 0.05) is 37.6 Å². The van der Waals surface area contributed by atoms with E-state index in [4.69, 9.17) is 4.74 Å². The highest BCUT2D eigenvalue weighted by Gasteiger charge is 2.56. The van der Waals surface area contributed by atoms with Gasteiger partial charge in [0.15, 0.2) is 0 Å². The number of aliphatic hydroxyl groups excluding tert-OH is 1. The molecule has 0 unspecified atom stereocenters. The Labute approximate surface area is 132 Å². The lowest BCUT2D eigenvalue weighted by atomic mass is 9.58. The fraction of sp³-hybridized carbons (Fsp3) is 0.824. The molecule has 0 bridgehead atoms. The Morgan fingerprint density at radius 2 is 2.23 bits per heavy atom. The number of allylic oxidation sites excluding steroid dienone is 1. The number of likely N-dealkylation sites (tertiary alicyclic amines) is 1. The van der Waals surface area contributed by atoms with Crippen LogP contribution >= 0.6 is 0 Å². The number of amides is 2. The minimum absolute atomic E-state index is 0.0353. The third kappa shape index (κ3) is 2.88. The van der Waals surface area contributed by atoms with Crippen LogP contribution in [0, 0.1) is 5.41 Å². The molecule has 1 saturated carbocycles. The van der Waals surface area contributed by atoms with Crippen molar-refractivity contribution in [3.8, 4) is 0 Å². The van der Waals surface area contributed by atoms with Gasteiger partial charge in [-0.2, -0.15) is 0 Å². The molecule has 2 amide bonds. The molecule has 2 fully saturated rings. The molecule has 1 heterocycles. The van der Waals surface area contributed by atoms with Crippen molar-refractivity contribution in [3.63, 3.8) is 0 Å². The van der Waals surface area contributed by atoms with Crippen molar-refractivity contribution < 1.29 is 14.6 Å². The molecular weight excluding hydrogens is 280 g/mol. The van der Waals surface area contributed by atoms with Crippen LogP contribution in [-0.4, -0.2) is 54.0 Å². The summed E-state index contributed by atoms with van der Waals surface area (Å²) in [6.07, 6.45) is 9.87. The van der Waals surface area contributed by atoms with E-state index in [1.54, 1.807) is 0 Å². The van der Waals surface area contributed by atoms with E-state index < -0.39 is 0 Å². The smallest absolute Gasteiger partial charge is 0.317 e. The molecule has 2 aliphatic carbocycles. The first kappa shape index (κ1) is 15.8. The summed E-state index contributed by atoms with van der Waals surface area (Å²) in [7, 11) is 0. The van der Waals surface area contributed by atoms with Gasteiger partial charge in [-0.15, -0.1) is 0 Å². The van der Waals surface area contributed by atoms with E-state index in [1.807, 2.05) is 11.8 Å². The van der Waals surface area contributed by atoms with E-state index in [2.05, 4.69) is 17.5 Å². The summed E-state index contributed by atoms with van der Waals surface area (Å²) in [6, 6.07) is 0.218. The van der Waals surface area contributed by atoms with Gasteiger partial charge in [0.05, 0.1) is 12.2 Å². The van der Waals surface area contributed by atoms with Gasteiger partial charge in [-0.05, 0) is 39.0 Å². The zero-order chi connectivity index (χ0) is 15.6. The van der Waals surface area contributed by atoms with Crippen molar-refractivity contribution >= 4 is 6.03 Å². The number of urea groups is 1. The average Bonchev–Trinajstić information content (AvgIpc) is 2.56. The monoisotopic (exact) mass is 308 g/mol. The summed E-state index contributed by atoms with van der Waals surface area (Å²) < 4.78 is 5.77. The van der Waals surface area contributed by atoms with Crippen LogP contribution in [0.5, 0.6) is 0 Å². The Morgan fingerprint density at radius 3 is 2.82 bits per heavy atom. The Balaban J connectivity index is 1.51. The van der Waals surface area contributed by atoms with Gasteiger partial charge in [0.1, 0.15) is 0 Å². The maximum atomic E-state index is 12.4. The molecule has 0 aromatic heterocycles. The molecule has 0 radical (unpaired) electrons. The van der Waals surface area contributed by atoms with Crippen LogP contribution < -0.4 is 5.32 Å². The van der Waals surface area contributed by atoms with Crippen molar-refractivity contribution in [2.45, 2.75) is 63.7 Å². The number of hydrogen-bond acceptors (Lipinski definition) is 3. The minimum Gasteiger partial charge on any atom is -0.392 e. The van der Waals surface area contributed by atoms with E-state index >= 15 is 0 Å². The largest absolute Gasteiger partial charge is 0.392 e. The number of hydrogen-bond donors (Lipinski definition) is 2. The van der Waals surface area contributed by atoms with Crippen LogP contribution in [0.15, 0.2) is 12.2 Å². The normalized spacial score (nSPS) is 33.5. The first-order valence-corrected chi connectivity index (χ1v) is 8.67. The summed E-state index contributed by atoms with van der Waals surface area (Å²) in [5, 5.41) is 13.3. The highest BCUT2D eigenvalue weighted by Crippen LogP contribution is 2.50. The SMILES string of the molecule is CCO[C@@H]1C[C@H](O)C12CCN(C(=O)N[C@@H]1C=CCCC1)CC2.